The molecular formula is C18H26N2. The van der Waals surface area contributed by atoms with Crippen molar-refractivity contribution in [2.24, 2.45) is 0 Å². The number of hydrogen-bond acceptors (Lipinski definition) is 2. The van der Waals surface area contributed by atoms with Crippen molar-refractivity contribution < 1.29 is 0 Å². The lowest BCUT2D eigenvalue weighted by Gasteiger charge is -2.23. The van der Waals surface area contributed by atoms with Crippen LogP contribution in [0.15, 0.2) is 18.2 Å². The third-order valence-electron chi connectivity index (χ3n) is 3.84. The lowest BCUT2D eigenvalue weighted by molar-refractivity contribution is 0.594. The monoisotopic (exact) mass is 270 g/mol. The Morgan fingerprint density at radius 2 is 1.85 bits per heavy atom. The second kappa shape index (κ2) is 5.43. The molecule has 0 aliphatic heterocycles. The predicted molar refractivity (Wildman–Crippen MR) is 88.7 cm³/mol. The van der Waals surface area contributed by atoms with Crippen molar-refractivity contribution in [3.05, 3.63) is 35.0 Å². The molecule has 1 N–H and O–H groups in total. The molecule has 0 atom stereocenters. The minimum atomic E-state index is 0.107. The maximum absolute atomic E-state index is 4.92. The van der Waals surface area contributed by atoms with Crippen LogP contribution >= 0.6 is 0 Å². The van der Waals surface area contributed by atoms with Gasteiger partial charge in [-0.25, -0.2) is 0 Å². The first-order valence-electron chi connectivity index (χ1n) is 7.56. The van der Waals surface area contributed by atoms with Crippen LogP contribution in [-0.2, 0) is 11.8 Å². The van der Waals surface area contributed by atoms with Gasteiger partial charge in [0.25, 0.3) is 0 Å². The van der Waals surface area contributed by atoms with Gasteiger partial charge in [0.15, 0.2) is 0 Å². The number of nitrogens with one attached hydrogen (secondary N) is 1. The summed E-state index contributed by atoms with van der Waals surface area (Å²) < 4.78 is 0. The van der Waals surface area contributed by atoms with Gasteiger partial charge < -0.3 is 5.32 Å². The zero-order chi connectivity index (χ0) is 14.9. The molecule has 0 spiro atoms. The Morgan fingerprint density at radius 3 is 2.40 bits per heavy atom. The highest BCUT2D eigenvalue weighted by atomic mass is 14.9. The molecule has 0 bridgehead atoms. The molecule has 2 rings (SSSR count). The number of nitrogens with zero attached hydrogens (tertiary/aromatic N) is 1. The van der Waals surface area contributed by atoms with Gasteiger partial charge >= 0.3 is 0 Å². The summed E-state index contributed by atoms with van der Waals surface area (Å²) in [7, 11) is 0. The summed E-state index contributed by atoms with van der Waals surface area (Å²) >= 11 is 0. The highest BCUT2D eigenvalue weighted by Crippen LogP contribution is 2.35. The second-order valence-corrected chi connectivity index (χ2v) is 6.39. The van der Waals surface area contributed by atoms with E-state index in [0.717, 1.165) is 24.2 Å². The molecular weight excluding hydrogens is 244 g/mol. The molecule has 2 heteroatoms. The van der Waals surface area contributed by atoms with E-state index in [4.69, 9.17) is 4.98 Å². The number of benzene rings is 1. The van der Waals surface area contributed by atoms with Gasteiger partial charge in [0.2, 0.25) is 0 Å². The molecule has 0 aliphatic carbocycles. The van der Waals surface area contributed by atoms with Gasteiger partial charge in [-0.2, -0.15) is 0 Å². The molecule has 0 unspecified atom stereocenters. The first-order chi connectivity index (χ1) is 9.40. The fraction of sp³-hybridized carbons (Fsp3) is 0.500. The van der Waals surface area contributed by atoms with Crippen LogP contribution < -0.4 is 5.32 Å². The largest absolute Gasteiger partial charge is 0.384 e. The van der Waals surface area contributed by atoms with Crippen LogP contribution in [0.25, 0.3) is 10.9 Å². The molecule has 1 heterocycles. The topological polar surface area (TPSA) is 24.9 Å². The van der Waals surface area contributed by atoms with Gasteiger partial charge in [-0.3, -0.25) is 4.98 Å². The highest BCUT2D eigenvalue weighted by Gasteiger charge is 2.20. The van der Waals surface area contributed by atoms with E-state index in [1.807, 2.05) is 0 Å². The molecule has 1 aromatic carbocycles. The van der Waals surface area contributed by atoms with Gasteiger partial charge in [0.05, 0.1) is 5.52 Å². The lowest BCUT2D eigenvalue weighted by atomic mass is 9.85. The molecule has 0 fully saturated rings. The van der Waals surface area contributed by atoms with Gasteiger partial charge in [-0.15, -0.1) is 0 Å². The van der Waals surface area contributed by atoms with Crippen molar-refractivity contribution in [1.29, 1.82) is 0 Å². The number of aromatic nitrogens is 1. The molecule has 2 nitrogen and oxygen atoms in total. The van der Waals surface area contributed by atoms with Gasteiger partial charge in [-0.1, -0.05) is 45.9 Å². The van der Waals surface area contributed by atoms with E-state index in [9.17, 15) is 0 Å². The summed E-state index contributed by atoms with van der Waals surface area (Å²) in [5.41, 5.74) is 6.32. The number of rotatable bonds is 3. The van der Waals surface area contributed by atoms with Gasteiger partial charge in [-0.05, 0) is 36.8 Å². The maximum Gasteiger partial charge on any atom is 0.0763 e. The van der Waals surface area contributed by atoms with Crippen LogP contribution in [0.5, 0.6) is 0 Å². The molecule has 2 aromatic rings. The van der Waals surface area contributed by atoms with Crippen molar-refractivity contribution in [2.45, 2.75) is 53.4 Å². The number of aryl methyl sites for hydroxylation is 1. The average Bonchev–Trinajstić information content (AvgIpc) is 2.37. The number of fused-ring (bicyclic) bond motifs is 1. The van der Waals surface area contributed by atoms with Crippen molar-refractivity contribution >= 4 is 16.6 Å². The van der Waals surface area contributed by atoms with Crippen LogP contribution in [0.2, 0.25) is 0 Å². The third kappa shape index (κ3) is 2.52. The van der Waals surface area contributed by atoms with E-state index < -0.39 is 0 Å². The summed E-state index contributed by atoms with van der Waals surface area (Å²) in [5.74, 6) is 0. The Balaban J connectivity index is 2.86. The molecule has 0 amide bonds. The smallest absolute Gasteiger partial charge is 0.0763 e. The Hall–Kier alpha value is -1.57. The summed E-state index contributed by atoms with van der Waals surface area (Å²) in [6, 6.07) is 6.55. The fourth-order valence-electron chi connectivity index (χ4n) is 2.86. The summed E-state index contributed by atoms with van der Waals surface area (Å²) in [5, 5.41) is 4.80. The Labute approximate surface area is 122 Å². The SMILES string of the molecule is CCNc1c(CC)c(C)nc2c(C(C)(C)C)cccc12. The molecule has 0 aliphatic rings. The van der Waals surface area contributed by atoms with Crippen LogP contribution in [-0.4, -0.2) is 11.5 Å². The van der Waals surface area contributed by atoms with E-state index in [1.165, 1.54) is 22.2 Å². The van der Waals surface area contributed by atoms with Gasteiger partial charge in [0, 0.05) is 23.3 Å². The highest BCUT2D eigenvalue weighted by molar-refractivity contribution is 5.95. The Morgan fingerprint density at radius 1 is 1.15 bits per heavy atom. The van der Waals surface area contributed by atoms with Gasteiger partial charge in [0.1, 0.15) is 0 Å². The minimum absolute atomic E-state index is 0.107. The lowest BCUT2D eigenvalue weighted by Crippen LogP contribution is -2.14. The number of anilines is 1. The molecule has 20 heavy (non-hydrogen) atoms. The van der Waals surface area contributed by atoms with E-state index in [-0.39, 0.29) is 5.41 Å². The molecule has 0 saturated heterocycles. The predicted octanol–water partition coefficient (Wildman–Crippen LogP) is 4.83. The van der Waals surface area contributed by atoms with Crippen LogP contribution in [0, 0.1) is 6.92 Å². The normalized spacial score (nSPS) is 11.9. The Bertz CT molecular complexity index is 621. The minimum Gasteiger partial charge on any atom is -0.384 e. The van der Waals surface area contributed by atoms with E-state index in [0.29, 0.717) is 0 Å². The number of pyridine rings is 1. The quantitative estimate of drug-likeness (QED) is 0.863. The molecule has 108 valence electrons. The van der Waals surface area contributed by atoms with E-state index in [2.05, 4.69) is 65.1 Å². The zero-order valence-corrected chi connectivity index (χ0v) is 13.6. The third-order valence-corrected chi connectivity index (χ3v) is 3.84. The van der Waals surface area contributed by atoms with Crippen LogP contribution in [0.1, 0.15) is 51.4 Å². The summed E-state index contributed by atoms with van der Waals surface area (Å²) in [6.45, 7) is 14.2. The number of hydrogen-bond donors (Lipinski definition) is 1. The average molecular weight is 270 g/mol. The Kier molecular flexibility index (Phi) is 4.03. The molecule has 0 saturated carbocycles. The fourth-order valence-corrected chi connectivity index (χ4v) is 2.86. The number of para-hydroxylation sites is 1. The molecule has 0 radical (unpaired) electrons. The van der Waals surface area contributed by atoms with Crippen LogP contribution in [0.4, 0.5) is 5.69 Å². The summed E-state index contributed by atoms with van der Waals surface area (Å²) in [6.07, 6.45) is 1.01. The first kappa shape index (κ1) is 14.8. The first-order valence-corrected chi connectivity index (χ1v) is 7.56. The van der Waals surface area contributed by atoms with E-state index in [1.54, 1.807) is 0 Å². The maximum atomic E-state index is 4.92. The van der Waals surface area contributed by atoms with Crippen molar-refractivity contribution in [3.63, 3.8) is 0 Å². The second-order valence-electron chi connectivity index (χ2n) is 6.39. The van der Waals surface area contributed by atoms with Crippen LogP contribution in [0.3, 0.4) is 0 Å². The standard InChI is InChI=1S/C18H26N2/c1-7-13-12(3)20-17-14(16(13)19-8-2)10-9-11-15(17)18(4,5)6/h9-11H,7-8H2,1-6H3,(H,19,20). The summed E-state index contributed by atoms with van der Waals surface area (Å²) in [4.78, 5) is 4.92. The van der Waals surface area contributed by atoms with Crippen molar-refractivity contribution in [1.82, 2.24) is 4.98 Å². The van der Waals surface area contributed by atoms with Crippen molar-refractivity contribution in [3.8, 4) is 0 Å². The molecule has 1 aromatic heterocycles. The van der Waals surface area contributed by atoms with Crippen molar-refractivity contribution in [2.75, 3.05) is 11.9 Å². The zero-order valence-electron chi connectivity index (χ0n) is 13.6. The van der Waals surface area contributed by atoms with E-state index >= 15 is 0 Å².